The lowest BCUT2D eigenvalue weighted by Gasteiger charge is -2.29. The zero-order valence-electron chi connectivity index (χ0n) is 32.7. The Morgan fingerprint density at radius 1 is 0.453 bits per heavy atom. The highest BCUT2D eigenvalue weighted by Crippen LogP contribution is 2.42. The number of rotatable bonds is 28. The molecule has 0 radical (unpaired) electrons. The maximum atomic E-state index is 9.76. The number of aliphatic hydroxyl groups is 2. The molecule has 0 saturated carbocycles. The molecule has 4 aromatic rings. The van der Waals surface area contributed by atoms with E-state index in [-0.39, 0.29) is 26.4 Å². The fourth-order valence-corrected chi connectivity index (χ4v) is 7.12. The first-order valence-electron chi connectivity index (χ1n) is 20.7. The zero-order valence-corrected chi connectivity index (χ0v) is 32.7. The van der Waals surface area contributed by atoms with E-state index in [0.29, 0.717) is 11.5 Å². The van der Waals surface area contributed by atoms with Crippen molar-refractivity contribution in [1.82, 2.24) is 0 Å². The highest BCUT2D eigenvalue weighted by Gasteiger charge is 2.28. The molecule has 0 aliphatic heterocycles. The van der Waals surface area contributed by atoms with Gasteiger partial charge < -0.3 is 24.4 Å². The normalized spacial score (nSPS) is 12.5. The Labute approximate surface area is 320 Å². The molecule has 0 saturated heterocycles. The Morgan fingerprint density at radius 2 is 0.830 bits per heavy atom. The van der Waals surface area contributed by atoms with Crippen molar-refractivity contribution >= 4 is 0 Å². The van der Waals surface area contributed by atoms with E-state index in [0.717, 1.165) is 47.9 Å². The second kappa shape index (κ2) is 25.4. The van der Waals surface area contributed by atoms with Crippen LogP contribution in [0, 0.1) is 0 Å². The van der Waals surface area contributed by atoms with E-state index in [2.05, 4.69) is 98.8 Å². The topological polar surface area (TPSA) is 68.2 Å². The van der Waals surface area contributed by atoms with Crippen LogP contribution in [0.5, 0.6) is 11.5 Å². The summed E-state index contributed by atoms with van der Waals surface area (Å²) in [4.78, 5) is 0. The number of ether oxygens (including phenoxy) is 3. The maximum absolute atomic E-state index is 9.76. The van der Waals surface area contributed by atoms with Gasteiger partial charge in [0.15, 0.2) is 0 Å². The predicted molar refractivity (Wildman–Crippen MR) is 219 cm³/mol. The molecule has 4 rings (SSSR count). The lowest BCUT2D eigenvalue weighted by Crippen LogP contribution is -2.17. The molecule has 0 fully saturated rings. The summed E-state index contributed by atoms with van der Waals surface area (Å²) in [5.74, 6) is 1.43. The van der Waals surface area contributed by atoms with E-state index in [1.807, 2.05) is 12.1 Å². The van der Waals surface area contributed by atoms with Crippen LogP contribution in [0.2, 0.25) is 0 Å². The van der Waals surface area contributed by atoms with Gasteiger partial charge in [0.05, 0.1) is 13.2 Å². The lowest BCUT2D eigenvalue weighted by molar-refractivity contribution is 0.0271. The van der Waals surface area contributed by atoms with Gasteiger partial charge in [-0.25, -0.2) is 0 Å². The van der Waals surface area contributed by atoms with Crippen molar-refractivity contribution in [3.05, 3.63) is 130 Å². The first-order valence-corrected chi connectivity index (χ1v) is 20.7. The van der Waals surface area contributed by atoms with E-state index in [4.69, 9.17) is 14.2 Å². The fraction of sp³-hybridized carbons (Fsp3) is 0.500. The van der Waals surface area contributed by atoms with Crippen molar-refractivity contribution in [1.29, 1.82) is 0 Å². The Bertz CT molecular complexity index is 1410. The van der Waals surface area contributed by atoms with Crippen molar-refractivity contribution in [2.75, 3.05) is 26.4 Å². The molecule has 53 heavy (non-hydrogen) atoms. The second-order valence-corrected chi connectivity index (χ2v) is 14.3. The van der Waals surface area contributed by atoms with Gasteiger partial charge in [-0.2, -0.15) is 0 Å². The fourth-order valence-electron chi connectivity index (χ4n) is 7.12. The summed E-state index contributed by atoms with van der Waals surface area (Å²) in [6.45, 7) is 4.79. The van der Waals surface area contributed by atoms with E-state index in [9.17, 15) is 10.2 Å². The number of hydrogen-bond donors (Lipinski definition) is 2. The Morgan fingerprint density at radius 3 is 1.21 bits per heavy atom. The van der Waals surface area contributed by atoms with E-state index < -0.39 is 12.2 Å². The summed E-state index contributed by atoms with van der Waals surface area (Å²) >= 11 is 0. The molecule has 0 heterocycles. The van der Waals surface area contributed by atoms with Crippen molar-refractivity contribution in [3.8, 4) is 11.5 Å². The Hall–Kier alpha value is -3.64. The molecular weight excluding hydrogens is 657 g/mol. The summed E-state index contributed by atoms with van der Waals surface area (Å²) in [5, 5.41) is 19.5. The molecule has 0 amide bonds. The van der Waals surface area contributed by atoms with Crippen LogP contribution in [0.4, 0.5) is 0 Å². The molecule has 2 N–H and O–H groups in total. The third kappa shape index (κ3) is 14.6. The average Bonchev–Trinajstić information content (AvgIpc) is 3.20. The van der Waals surface area contributed by atoms with Crippen LogP contribution in [0.15, 0.2) is 97.1 Å². The van der Waals surface area contributed by atoms with Gasteiger partial charge in [-0.05, 0) is 72.2 Å². The Kier molecular flexibility index (Phi) is 20.2. The van der Waals surface area contributed by atoms with Crippen molar-refractivity contribution in [2.45, 2.75) is 129 Å². The molecule has 4 aromatic carbocycles. The number of aryl methyl sites for hydroxylation is 2. The van der Waals surface area contributed by atoms with Gasteiger partial charge in [0.1, 0.15) is 36.9 Å². The summed E-state index contributed by atoms with van der Waals surface area (Å²) in [6, 6.07) is 33.7. The monoisotopic (exact) mass is 722 g/mol. The summed E-state index contributed by atoms with van der Waals surface area (Å²) in [6.07, 6.45) is 18.8. The number of aliphatic hydroxyl groups excluding tert-OH is 2. The summed E-state index contributed by atoms with van der Waals surface area (Å²) in [5.41, 5.74) is 6.45. The predicted octanol–water partition coefficient (Wildman–Crippen LogP) is 11.9. The quantitative estimate of drug-likeness (QED) is 0.0571. The summed E-state index contributed by atoms with van der Waals surface area (Å²) in [7, 11) is 0. The van der Waals surface area contributed by atoms with Crippen LogP contribution in [0.25, 0.3) is 0 Å². The minimum atomic E-state index is -0.471. The van der Waals surface area contributed by atoms with Crippen molar-refractivity contribution < 1.29 is 24.4 Å². The standard InChI is InChI=1S/C48H66O5/c1-3-5-7-9-11-13-17-23-39-29-31-45(51-35-33-49)43(37-39)47(41-25-19-15-20-26-41)53-48(42-27-21-16-22-28-42)44-38-40(30-32-46(44)52-36-34-50)24-18-14-12-10-8-6-4-2/h15-16,19-22,25-32,37-38,47-50H,3-14,17-18,23-24,33-36H2,1-2H3. The summed E-state index contributed by atoms with van der Waals surface area (Å²) < 4.78 is 19.9. The SMILES string of the molecule is CCCCCCCCCc1ccc(OCCO)c(C(OC(c2ccccc2)c2cc(CCCCCCCCC)ccc2OCCO)c2ccccc2)c1. The first kappa shape index (κ1) is 42.1. The maximum Gasteiger partial charge on any atom is 0.125 e. The van der Waals surface area contributed by atoms with Crippen LogP contribution in [-0.4, -0.2) is 36.6 Å². The third-order valence-corrected chi connectivity index (χ3v) is 10.0. The number of hydrogen-bond acceptors (Lipinski definition) is 5. The molecule has 0 aliphatic rings. The zero-order chi connectivity index (χ0) is 37.4. The van der Waals surface area contributed by atoms with Gasteiger partial charge in [-0.1, -0.05) is 164 Å². The van der Waals surface area contributed by atoms with Crippen LogP contribution in [-0.2, 0) is 17.6 Å². The smallest absolute Gasteiger partial charge is 0.125 e. The first-order chi connectivity index (χ1) is 26.2. The molecule has 0 aliphatic carbocycles. The molecule has 2 unspecified atom stereocenters. The lowest BCUT2D eigenvalue weighted by atomic mass is 9.93. The van der Waals surface area contributed by atoms with Gasteiger partial charge in [-0.3, -0.25) is 0 Å². The van der Waals surface area contributed by atoms with Crippen LogP contribution >= 0.6 is 0 Å². The largest absolute Gasteiger partial charge is 0.491 e. The van der Waals surface area contributed by atoms with Gasteiger partial charge in [0.25, 0.3) is 0 Å². The minimum absolute atomic E-state index is 0.0696. The highest BCUT2D eigenvalue weighted by molar-refractivity contribution is 5.46. The average molecular weight is 723 g/mol. The van der Waals surface area contributed by atoms with Gasteiger partial charge in [-0.15, -0.1) is 0 Å². The van der Waals surface area contributed by atoms with E-state index in [1.165, 1.54) is 88.2 Å². The molecule has 5 nitrogen and oxygen atoms in total. The van der Waals surface area contributed by atoms with Crippen molar-refractivity contribution in [3.63, 3.8) is 0 Å². The number of benzene rings is 4. The van der Waals surface area contributed by atoms with Crippen LogP contribution < -0.4 is 9.47 Å². The van der Waals surface area contributed by atoms with Crippen LogP contribution in [0.1, 0.15) is 149 Å². The minimum Gasteiger partial charge on any atom is -0.491 e. The molecule has 288 valence electrons. The second-order valence-electron chi connectivity index (χ2n) is 14.3. The third-order valence-electron chi connectivity index (χ3n) is 10.0. The van der Waals surface area contributed by atoms with Gasteiger partial charge >= 0.3 is 0 Å². The van der Waals surface area contributed by atoms with Gasteiger partial charge in [0.2, 0.25) is 0 Å². The molecule has 0 bridgehead atoms. The molecule has 2 atom stereocenters. The number of unbranched alkanes of at least 4 members (excludes halogenated alkanes) is 12. The molecule has 0 aromatic heterocycles. The molecule has 0 spiro atoms. The highest BCUT2D eigenvalue weighted by atomic mass is 16.5. The molecule has 5 heteroatoms. The molecular formula is C48H66O5. The van der Waals surface area contributed by atoms with Crippen LogP contribution in [0.3, 0.4) is 0 Å². The Balaban J connectivity index is 1.71. The van der Waals surface area contributed by atoms with Gasteiger partial charge in [0, 0.05) is 11.1 Å². The van der Waals surface area contributed by atoms with E-state index in [1.54, 1.807) is 0 Å². The van der Waals surface area contributed by atoms with E-state index >= 15 is 0 Å². The van der Waals surface area contributed by atoms with Crippen molar-refractivity contribution in [2.24, 2.45) is 0 Å².